The SMILES string of the molecule is COC(=O)c1ccc(Nc2nncc(NCC(C)C)n2)cc1. The topological polar surface area (TPSA) is 89.0 Å². The van der Waals surface area contributed by atoms with E-state index in [1.54, 1.807) is 30.5 Å². The molecule has 0 amide bonds. The van der Waals surface area contributed by atoms with Crippen molar-refractivity contribution in [3.8, 4) is 0 Å². The van der Waals surface area contributed by atoms with Gasteiger partial charge in [0.1, 0.15) is 0 Å². The first kappa shape index (κ1) is 15.7. The number of rotatable bonds is 6. The number of esters is 1. The molecule has 0 saturated heterocycles. The third-order valence-corrected chi connectivity index (χ3v) is 2.81. The van der Waals surface area contributed by atoms with E-state index in [9.17, 15) is 4.79 Å². The van der Waals surface area contributed by atoms with E-state index < -0.39 is 0 Å². The van der Waals surface area contributed by atoms with E-state index in [-0.39, 0.29) is 5.97 Å². The Hall–Kier alpha value is -2.70. The van der Waals surface area contributed by atoms with Crippen molar-refractivity contribution in [3.63, 3.8) is 0 Å². The minimum absolute atomic E-state index is 0.371. The van der Waals surface area contributed by atoms with E-state index >= 15 is 0 Å². The third kappa shape index (κ3) is 4.41. The summed E-state index contributed by atoms with van der Waals surface area (Å²) < 4.78 is 4.65. The molecule has 116 valence electrons. The van der Waals surface area contributed by atoms with Crippen molar-refractivity contribution >= 4 is 23.4 Å². The van der Waals surface area contributed by atoms with Crippen molar-refractivity contribution < 1.29 is 9.53 Å². The smallest absolute Gasteiger partial charge is 0.337 e. The van der Waals surface area contributed by atoms with Crippen LogP contribution in [0, 0.1) is 5.92 Å². The normalized spacial score (nSPS) is 10.4. The Labute approximate surface area is 129 Å². The number of nitrogens with one attached hydrogen (secondary N) is 2. The average Bonchev–Trinajstić information content (AvgIpc) is 2.53. The Balaban J connectivity index is 2.04. The fraction of sp³-hybridized carbons (Fsp3) is 0.333. The highest BCUT2D eigenvalue weighted by Crippen LogP contribution is 2.15. The summed E-state index contributed by atoms with van der Waals surface area (Å²) in [5, 5.41) is 14.1. The number of anilines is 3. The highest BCUT2D eigenvalue weighted by atomic mass is 16.5. The Morgan fingerprint density at radius 1 is 1.27 bits per heavy atom. The molecule has 0 bridgehead atoms. The molecule has 0 unspecified atom stereocenters. The van der Waals surface area contributed by atoms with E-state index in [1.165, 1.54) is 7.11 Å². The summed E-state index contributed by atoms with van der Waals surface area (Å²) in [5.41, 5.74) is 1.25. The maximum Gasteiger partial charge on any atom is 0.337 e. The summed E-state index contributed by atoms with van der Waals surface area (Å²) >= 11 is 0. The number of ether oxygens (including phenoxy) is 1. The molecule has 0 saturated carbocycles. The lowest BCUT2D eigenvalue weighted by atomic mass is 10.2. The largest absolute Gasteiger partial charge is 0.465 e. The van der Waals surface area contributed by atoms with Crippen molar-refractivity contribution in [1.82, 2.24) is 15.2 Å². The van der Waals surface area contributed by atoms with Crippen LogP contribution in [0.3, 0.4) is 0 Å². The van der Waals surface area contributed by atoms with E-state index in [2.05, 4.69) is 44.4 Å². The lowest BCUT2D eigenvalue weighted by molar-refractivity contribution is 0.0601. The molecule has 0 atom stereocenters. The van der Waals surface area contributed by atoms with Crippen molar-refractivity contribution in [1.29, 1.82) is 0 Å². The van der Waals surface area contributed by atoms with Crippen LogP contribution in [-0.2, 0) is 4.74 Å². The zero-order valence-corrected chi connectivity index (χ0v) is 12.8. The number of methoxy groups -OCH3 is 1. The van der Waals surface area contributed by atoms with Crippen LogP contribution in [0.4, 0.5) is 17.5 Å². The monoisotopic (exact) mass is 301 g/mol. The molecule has 0 fully saturated rings. The van der Waals surface area contributed by atoms with Gasteiger partial charge in [-0.3, -0.25) is 0 Å². The van der Waals surface area contributed by atoms with E-state index in [0.717, 1.165) is 12.2 Å². The van der Waals surface area contributed by atoms with Gasteiger partial charge >= 0.3 is 5.97 Å². The van der Waals surface area contributed by atoms with Crippen LogP contribution in [0.2, 0.25) is 0 Å². The number of aromatic nitrogens is 3. The summed E-state index contributed by atoms with van der Waals surface area (Å²) in [7, 11) is 1.35. The fourth-order valence-corrected chi connectivity index (χ4v) is 1.69. The Bertz CT molecular complexity index is 628. The van der Waals surface area contributed by atoms with Gasteiger partial charge in [0.05, 0.1) is 18.9 Å². The molecule has 2 aromatic rings. The number of nitrogens with zero attached hydrogens (tertiary/aromatic N) is 3. The van der Waals surface area contributed by atoms with Crippen molar-refractivity contribution in [2.45, 2.75) is 13.8 Å². The molecule has 0 spiro atoms. The summed E-state index contributed by atoms with van der Waals surface area (Å²) in [6.07, 6.45) is 1.58. The molecule has 0 aliphatic heterocycles. The van der Waals surface area contributed by atoms with Crippen LogP contribution in [0.15, 0.2) is 30.5 Å². The Kier molecular flexibility index (Phi) is 5.24. The van der Waals surface area contributed by atoms with Gasteiger partial charge < -0.3 is 15.4 Å². The molecule has 1 aromatic carbocycles. The van der Waals surface area contributed by atoms with Crippen LogP contribution < -0.4 is 10.6 Å². The van der Waals surface area contributed by atoms with Crippen LogP contribution in [0.5, 0.6) is 0 Å². The summed E-state index contributed by atoms with van der Waals surface area (Å²) in [6.45, 7) is 5.04. The highest BCUT2D eigenvalue weighted by Gasteiger charge is 2.06. The molecule has 7 nitrogen and oxygen atoms in total. The first-order valence-corrected chi connectivity index (χ1v) is 6.97. The van der Waals surface area contributed by atoms with Crippen molar-refractivity contribution in [2.24, 2.45) is 5.92 Å². The average molecular weight is 301 g/mol. The van der Waals surface area contributed by atoms with Crippen LogP contribution in [0.1, 0.15) is 24.2 Å². The lowest BCUT2D eigenvalue weighted by Crippen LogP contribution is -2.11. The Morgan fingerprint density at radius 3 is 2.64 bits per heavy atom. The zero-order valence-electron chi connectivity index (χ0n) is 12.8. The number of hydrogen-bond donors (Lipinski definition) is 2. The molecule has 0 radical (unpaired) electrons. The first-order chi connectivity index (χ1) is 10.6. The first-order valence-electron chi connectivity index (χ1n) is 6.97. The standard InChI is InChI=1S/C15H19N5O2/c1-10(2)8-16-13-9-17-20-15(19-13)18-12-6-4-11(5-7-12)14(21)22-3/h4-7,9-10H,8H2,1-3H3,(H2,16,18,19,20). The number of hydrogen-bond acceptors (Lipinski definition) is 7. The van der Waals surface area contributed by atoms with Gasteiger partial charge in [0.25, 0.3) is 0 Å². The quantitative estimate of drug-likeness (QED) is 0.792. The number of carbonyl (C=O) groups excluding carboxylic acids is 1. The van der Waals surface area contributed by atoms with Gasteiger partial charge in [0.2, 0.25) is 5.95 Å². The molecular weight excluding hydrogens is 282 g/mol. The predicted octanol–water partition coefficient (Wildman–Crippen LogP) is 2.47. The van der Waals surface area contributed by atoms with Gasteiger partial charge in [-0.1, -0.05) is 13.8 Å². The predicted molar refractivity (Wildman–Crippen MR) is 84.2 cm³/mol. The molecule has 1 aromatic heterocycles. The molecule has 0 aliphatic carbocycles. The van der Waals surface area contributed by atoms with Crippen LogP contribution in [0.25, 0.3) is 0 Å². The Morgan fingerprint density at radius 2 is 2.00 bits per heavy atom. The summed E-state index contributed by atoms with van der Waals surface area (Å²) in [5.74, 6) is 1.19. The molecule has 2 N–H and O–H groups in total. The summed E-state index contributed by atoms with van der Waals surface area (Å²) in [4.78, 5) is 15.7. The van der Waals surface area contributed by atoms with Crippen molar-refractivity contribution in [2.75, 3.05) is 24.3 Å². The second kappa shape index (κ2) is 7.35. The van der Waals surface area contributed by atoms with Gasteiger partial charge in [-0.05, 0) is 30.2 Å². The zero-order chi connectivity index (χ0) is 15.9. The molecule has 22 heavy (non-hydrogen) atoms. The maximum absolute atomic E-state index is 11.4. The molecule has 2 rings (SSSR count). The number of benzene rings is 1. The van der Waals surface area contributed by atoms with Gasteiger partial charge in [-0.15, -0.1) is 5.10 Å². The van der Waals surface area contributed by atoms with E-state index in [1.807, 2.05) is 0 Å². The second-order valence-corrected chi connectivity index (χ2v) is 5.13. The van der Waals surface area contributed by atoms with Gasteiger partial charge in [0, 0.05) is 12.2 Å². The van der Waals surface area contributed by atoms with E-state index in [4.69, 9.17) is 0 Å². The van der Waals surface area contributed by atoms with Crippen molar-refractivity contribution in [3.05, 3.63) is 36.0 Å². The minimum Gasteiger partial charge on any atom is -0.465 e. The summed E-state index contributed by atoms with van der Waals surface area (Å²) in [6, 6.07) is 6.85. The second-order valence-electron chi connectivity index (χ2n) is 5.13. The van der Waals surface area contributed by atoms with Gasteiger partial charge in [-0.25, -0.2) is 4.79 Å². The lowest BCUT2D eigenvalue weighted by Gasteiger charge is -2.09. The van der Waals surface area contributed by atoms with Crippen LogP contribution in [-0.4, -0.2) is 34.8 Å². The molecule has 7 heteroatoms. The maximum atomic E-state index is 11.4. The highest BCUT2D eigenvalue weighted by molar-refractivity contribution is 5.89. The molecule has 1 heterocycles. The van der Waals surface area contributed by atoms with Gasteiger partial charge in [0.15, 0.2) is 5.82 Å². The minimum atomic E-state index is -0.371. The third-order valence-electron chi connectivity index (χ3n) is 2.81. The fourth-order valence-electron chi connectivity index (χ4n) is 1.69. The van der Waals surface area contributed by atoms with E-state index in [0.29, 0.717) is 23.2 Å². The molecule has 0 aliphatic rings. The van der Waals surface area contributed by atoms with Crippen LogP contribution >= 0.6 is 0 Å². The number of carbonyl (C=O) groups is 1. The molecular formula is C15H19N5O2. The van der Waals surface area contributed by atoms with Gasteiger partial charge in [-0.2, -0.15) is 10.1 Å².